The van der Waals surface area contributed by atoms with Crippen LogP contribution in [0.1, 0.15) is 101 Å². The number of nitrogens with one attached hydrogen (secondary N) is 3. The van der Waals surface area contributed by atoms with E-state index in [4.69, 9.17) is 27.5 Å². The highest BCUT2D eigenvalue weighted by Crippen LogP contribution is 2.48. The van der Waals surface area contributed by atoms with E-state index in [9.17, 15) is 9.59 Å². The highest BCUT2D eigenvalue weighted by atomic mass is 35.5. The first-order valence-corrected chi connectivity index (χ1v) is 15.1. The minimum Gasteiger partial charge on any atom is -0.345 e. The molecule has 1 fully saturated rings. The Morgan fingerprint density at radius 3 is 2.43 bits per heavy atom. The number of carbonyl (C=O) groups excluding carboxylic acids is 2. The third kappa shape index (κ3) is 7.12. The predicted molar refractivity (Wildman–Crippen MR) is 165 cm³/mol. The summed E-state index contributed by atoms with van der Waals surface area (Å²) in [6, 6.07) is 8.86. The van der Waals surface area contributed by atoms with Crippen LogP contribution in [0.5, 0.6) is 0 Å². The monoisotopic (exact) mass is 591 g/mol. The average molecular weight is 592 g/mol. The SMILES string of the molecule is CC(C)C1CCC2(CC1)N=C(c1cncc(Cl)c1)C(=O)N2C(CCC(C)(C)C)c1ccc(C(=O)NCC(=N)N=N)cc1. The molecule has 1 aromatic carbocycles. The van der Waals surface area contributed by atoms with Gasteiger partial charge in [-0.15, -0.1) is 5.11 Å². The lowest BCUT2D eigenvalue weighted by molar-refractivity contribution is -0.133. The van der Waals surface area contributed by atoms with E-state index in [2.05, 4.69) is 50.0 Å². The number of amidine groups is 1. The standard InChI is InChI=1S/C32H42ClN7O2/c1-20(2)21-10-14-32(15-11-21)38-28(24-16-25(33)18-36-17-24)30(42)40(32)26(12-13-31(3,4)5)22-6-8-23(9-7-22)29(41)37-19-27(34)39-35/h6-9,16-18,20-21,26,34-35H,10-15,19H2,1-5H3,(H,37,41). The van der Waals surface area contributed by atoms with E-state index in [1.54, 1.807) is 30.6 Å². The molecule has 2 amide bonds. The second-order valence-electron chi connectivity index (χ2n) is 13.1. The molecular weight excluding hydrogens is 550 g/mol. The second-order valence-corrected chi connectivity index (χ2v) is 13.5. The zero-order valence-corrected chi connectivity index (χ0v) is 26.0. The molecule has 1 saturated carbocycles. The number of aliphatic imine (C=N–C) groups is 1. The van der Waals surface area contributed by atoms with Crippen molar-refractivity contribution >= 4 is 35.0 Å². The minimum absolute atomic E-state index is 0.0528. The molecule has 3 N–H and O–H groups in total. The van der Waals surface area contributed by atoms with Crippen LogP contribution in [0.25, 0.3) is 0 Å². The van der Waals surface area contributed by atoms with Crippen molar-refractivity contribution in [3.05, 3.63) is 64.4 Å². The quantitative estimate of drug-likeness (QED) is 0.161. The van der Waals surface area contributed by atoms with Crippen molar-refractivity contribution in [2.45, 2.75) is 84.8 Å². The largest absolute Gasteiger partial charge is 0.345 e. The molecule has 1 aromatic heterocycles. The van der Waals surface area contributed by atoms with Crippen LogP contribution >= 0.6 is 11.6 Å². The van der Waals surface area contributed by atoms with Crippen molar-refractivity contribution in [1.82, 2.24) is 15.2 Å². The second kappa shape index (κ2) is 12.8. The number of benzene rings is 1. The maximum Gasteiger partial charge on any atom is 0.275 e. The van der Waals surface area contributed by atoms with Crippen LogP contribution in [0, 0.1) is 28.2 Å². The van der Waals surface area contributed by atoms with Gasteiger partial charge in [0.15, 0.2) is 5.84 Å². The molecule has 1 spiro atoms. The fourth-order valence-electron chi connectivity index (χ4n) is 6.07. The summed E-state index contributed by atoms with van der Waals surface area (Å²) in [6.07, 6.45) is 8.42. The van der Waals surface area contributed by atoms with Gasteiger partial charge in [0.1, 0.15) is 11.4 Å². The summed E-state index contributed by atoms with van der Waals surface area (Å²) >= 11 is 6.28. The Balaban J connectivity index is 1.73. The van der Waals surface area contributed by atoms with Gasteiger partial charge in [-0.1, -0.05) is 58.4 Å². The van der Waals surface area contributed by atoms with Gasteiger partial charge in [-0.05, 0) is 79.5 Å². The van der Waals surface area contributed by atoms with Crippen LogP contribution in [0.4, 0.5) is 0 Å². The fourth-order valence-corrected chi connectivity index (χ4v) is 6.25. The van der Waals surface area contributed by atoms with E-state index in [1.807, 2.05) is 17.0 Å². The van der Waals surface area contributed by atoms with Crippen molar-refractivity contribution in [3.63, 3.8) is 0 Å². The zero-order valence-electron chi connectivity index (χ0n) is 25.2. The molecule has 1 aliphatic heterocycles. The van der Waals surface area contributed by atoms with E-state index in [0.29, 0.717) is 33.7 Å². The van der Waals surface area contributed by atoms with E-state index < -0.39 is 5.66 Å². The van der Waals surface area contributed by atoms with Crippen molar-refractivity contribution in [2.75, 3.05) is 6.54 Å². The van der Waals surface area contributed by atoms with Crippen LogP contribution in [0.3, 0.4) is 0 Å². The number of hydrogen-bond donors (Lipinski definition) is 3. The van der Waals surface area contributed by atoms with Gasteiger partial charge in [0.2, 0.25) is 0 Å². The number of halogens is 1. The normalized spacial score (nSPS) is 21.4. The Bertz CT molecular complexity index is 1360. The van der Waals surface area contributed by atoms with E-state index in [-0.39, 0.29) is 35.7 Å². The number of carbonyl (C=O) groups is 2. The highest BCUT2D eigenvalue weighted by Gasteiger charge is 2.52. The van der Waals surface area contributed by atoms with E-state index >= 15 is 0 Å². The summed E-state index contributed by atoms with van der Waals surface area (Å²) in [5.74, 6) is 0.483. The summed E-state index contributed by atoms with van der Waals surface area (Å²) in [5.41, 5.74) is 8.73. The molecule has 0 bridgehead atoms. The highest BCUT2D eigenvalue weighted by molar-refractivity contribution is 6.47. The van der Waals surface area contributed by atoms with Crippen molar-refractivity contribution in [1.29, 1.82) is 10.9 Å². The average Bonchev–Trinajstić information content (AvgIpc) is 3.22. The molecule has 0 radical (unpaired) electrons. The number of amides is 2. The number of rotatable bonds is 9. The number of hydrogen-bond acceptors (Lipinski definition) is 6. The van der Waals surface area contributed by atoms with Crippen molar-refractivity contribution < 1.29 is 9.59 Å². The molecule has 10 heteroatoms. The van der Waals surface area contributed by atoms with Gasteiger partial charge in [0.25, 0.3) is 11.8 Å². The van der Waals surface area contributed by atoms with Gasteiger partial charge in [-0.25, -0.2) is 5.53 Å². The molecule has 2 aliphatic rings. The summed E-state index contributed by atoms with van der Waals surface area (Å²) in [4.78, 5) is 38.5. The number of pyridine rings is 1. The number of nitrogens with zero attached hydrogens (tertiary/aromatic N) is 4. The Morgan fingerprint density at radius 2 is 1.86 bits per heavy atom. The van der Waals surface area contributed by atoms with Crippen LogP contribution < -0.4 is 5.32 Å². The molecule has 0 saturated heterocycles. The first-order valence-electron chi connectivity index (χ1n) is 14.7. The van der Waals surface area contributed by atoms with Crippen LogP contribution in [-0.4, -0.2) is 45.5 Å². The Hall–Kier alpha value is -3.46. The first kappa shape index (κ1) is 31.5. The molecule has 1 aliphatic carbocycles. The first-order chi connectivity index (χ1) is 19.8. The fraction of sp³-hybridized carbons (Fsp3) is 0.531. The lowest BCUT2D eigenvalue weighted by Crippen LogP contribution is -2.51. The maximum absolute atomic E-state index is 14.4. The summed E-state index contributed by atoms with van der Waals surface area (Å²) in [6.45, 7) is 11.0. The molecule has 42 heavy (non-hydrogen) atoms. The van der Waals surface area contributed by atoms with Gasteiger partial charge < -0.3 is 10.2 Å². The van der Waals surface area contributed by atoms with Gasteiger partial charge in [0, 0.05) is 23.5 Å². The van der Waals surface area contributed by atoms with E-state index in [1.165, 1.54) is 0 Å². The minimum atomic E-state index is -0.654. The zero-order chi connectivity index (χ0) is 30.7. The topological polar surface area (TPSA) is 135 Å². The molecule has 1 atom stereocenters. The molecule has 224 valence electrons. The lowest BCUT2D eigenvalue weighted by atomic mass is 9.75. The van der Waals surface area contributed by atoms with Crippen LogP contribution in [0.2, 0.25) is 5.02 Å². The molecular formula is C32H42ClN7O2. The Kier molecular flexibility index (Phi) is 9.60. The van der Waals surface area contributed by atoms with Gasteiger partial charge in [-0.3, -0.25) is 25.0 Å². The van der Waals surface area contributed by atoms with Gasteiger partial charge in [-0.2, -0.15) is 0 Å². The molecule has 2 aromatic rings. The Morgan fingerprint density at radius 1 is 1.19 bits per heavy atom. The summed E-state index contributed by atoms with van der Waals surface area (Å²) in [7, 11) is 0. The van der Waals surface area contributed by atoms with Crippen LogP contribution in [0.15, 0.2) is 52.8 Å². The molecule has 4 rings (SSSR count). The van der Waals surface area contributed by atoms with Crippen molar-refractivity contribution in [3.8, 4) is 0 Å². The molecule has 9 nitrogen and oxygen atoms in total. The van der Waals surface area contributed by atoms with E-state index in [0.717, 1.165) is 44.1 Å². The van der Waals surface area contributed by atoms with Crippen molar-refractivity contribution in [2.24, 2.45) is 27.4 Å². The molecule has 1 unspecified atom stereocenters. The summed E-state index contributed by atoms with van der Waals surface area (Å²) < 4.78 is 0. The smallest absolute Gasteiger partial charge is 0.275 e. The third-order valence-corrected chi connectivity index (χ3v) is 8.74. The Labute approximate surface area is 253 Å². The third-order valence-electron chi connectivity index (χ3n) is 8.53. The van der Waals surface area contributed by atoms with Gasteiger partial charge in [0.05, 0.1) is 17.6 Å². The number of aromatic nitrogens is 1. The molecule has 2 heterocycles. The lowest BCUT2D eigenvalue weighted by Gasteiger charge is -2.46. The summed E-state index contributed by atoms with van der Waals surface area (Å²) in [5, 5.41) is 13.6. The van der Waals surface area contributed by atoms with Crippen LogP contribution in [-0.2, 0) is 4.79 Å². The predicted octanol–water partition coefficient (Wildman–Crippen LogP) is 7.21. The maximum atomic E-state index is 14.4. The van der Waals surface area contributed by atoms with Gasteiger partial charge >= 0.3 is 0 Å².